The number of hydrogen-bond donors (Lipinski definition) is 1. The molecule has 0 bridgehead atoms. The number of nitrogens with zero attached hydrogens (tertiary/aromatic N) is 2. The van der Waals surface area contributed by atoms with Crippen molar-refractivity contribution in [3.05, 3.63) is 72.1 Å². The minimum absolute atomic E-state index is 0.0782. The van der Waals surface area contributed by atoms with E-state index < -0.39 is 0 Å². The van der Waals surface area contributed by atoms with Crippen LogP contribution < -0.4 is 5.32 Å². The van der Waals surface area contributed by atoms with E-state index in [-0.39, 0.29) is 11.8 Å². The highest BCUT2D eigenvalue weighted by atomic mass is 16.2. The lowest BCUT2D eigenvalue weighted by molar-refractivity contribution is -0.116. The second-order valence-electron chi connectivity index (χ2n) is 7.27. The van der Waals surface area contributed by atoms with Gasteiger partial charge < -0.3 is 10.2 Å². The number of piperidine rings is 1. The van der Waals surface area contributed by atoms with Crippen molar-refractivity contribution in [3.63, 3.8) is 0 Å². The summed E-state index contributed by atoms with van der Waals surface area (Å²) in [6.45, 7) is 2.37. The van der Waals surface area contributed by atoms with E-state index in [1.54, 1.807) is 24.5 Å². The zero-order valence-electron chi connectivity index (χ0n) is 15.1. The molecule has 0 radical (unpaired) electrons. The van der Waals surface area contributed by atoms with Crippen molar-refractivity contribution in [2.24, 2.45) is 17.8 Å². The van der Waals surface area contributed by atoms with Gasteiger partial charge in [-0.3, -0.25) is 14.6 Å². The van der Waals surface area contributed by atoms with Crippen molar-refractivity contribution in [2.75, 3.05) is 19.6 Å². The first-order chi connectivity index (χ1) is 13.2. The number of aromatic nitrogens is 1. The van der Waals surface area contributed by atoms with Crippen LogP contribution in [0, 0.1) is 17.8 Å². The van der Waals surface area contributed by atoms with Crippen molar-refractivity contribution in [1.29, 1.82) is 0 Å². The van der Waals surface area contributed by atoms with Gasteiger partial charge in [0.2, 0.25) is 5.91 Å². The molecule has 3 atom stereocenters. The Hall–Kier alpha value is -2.95. The summed E-state index contributed by atoms with van der Waals surface area (Å²) in [5.74, 6) is 1.88. The predicted octanol–water partition coefficient (Wildman–Crippen LogP) is 2.62. The van der Waals surface area contributed by atoms with Crippen LogP contribution in [0.1, 0.15) is 22.3 Å². The number of rotatable bonds is 6. The molecule has 1 aliphatic heterocycles. The van der Waals surface area contributed by atoms with Crippen molar-refractivity contribution in [3.8, 4) is 0 Å². The van der Waals surface area contributed by atoms with E-state index in [1.807, 2.05) is 47.4 Å². The van der Waals surface area contributed by atoms with Gasteiger partial charge in [0.25, 0.3) is 5.91 Å². The van der Waals surface area contributed by atoms with Crippen LogP contribution in [0.5, 0.6) is 0 Å². The molecule has 4 rings (SSSR count). The zero-order chi connectivity index (χ0) is 18.6. The standard InChI is InChI=1S/C22H23N3O2/c26-21(9-8-16-5-4-11-23-13-16)24-12-10-18-19-14-25(15-20(18)19)22(27)17-6-2-1-3-7-17/h1-9,11,13,18-20H,10,12,14-15H2,(H,24,26)/b9-8+/t18?,19-,20+. The zero-order valence-corrected chi connectivity index (χ0v) is 15.1. The second kappa shape index (κ2) is 7.74. The monoisotopic (exact) mass is 361 g/mol. The highest BCUT2D eigenvalue weighted by Crippen LogP contribution is 2.53. The van der Waals surface area contributed by atoms with Crippen LogP contribution in [-0.4, -0.2) is 41.3 Å². The molecule has 2 heterocycles. The lowest BCUT2D eigenvalue weighted by Gasteiger charge is -2.20. The van der Waals surface area contributed by atoms with Crippen LogP contribution in [0.25, 0.3) is 6.08 Å². The third-order valence-electron chi connectivity index (χ3n) is 5.57. The molecular formula is C22H23N3O2. The van der Waals surface area contributed by atoms with Gasteiger partial charge in [-0.25, -0.2) is 0 Å². The van der Waals surface area contributed by atoms with E-state index in [0.717, 1.165) is 30.6 Å². The molecule has 1 aromatic carbocycles. The molecule has 2 aliphatic rings. The first kappa shape index (κ1) is 17.5. The van der Waals surface area contributed by atoms with Crippen molar-refractivity contribution < 1.29 is 9.59 Å². The molecule has 0 spiro atoms. The summed E-state index contributed by atoms with van der Waals surface area (Å²) in [7, 11) is 0. The average Bonchev–Trinajstić information content (AvgIpc) is 3.16. The van der Waals surface area contributed by atoms with Gasteiger partial charge in [-0.05, 0) is 54.0 Å². The molecule has 1 saturated heterocycles. The Labute approximate surface area is 159 Å². The molecule has 1 aromatic heterocycles. The molecule has 138 valence electrons. The summed E-state index contributed by atoms with van der Waals surface area (Å²) in [6.07, 6.45) is 7.72. The second-order valence-corrected chi connectivity index (χ2v) is 7.27. The quantitative estimate of drug-likeness (QED) is 0.805. The fourth-order valence-corrected chi connectivity index (χ4v) is 4.07. The Bertz CT molecular complexity index is 823. The van der Waals surface area contributed by atoms with Crippen LogP contribution in [-0.2, 0) is 4.79 Å². The Balaban J connectivity index is 1.17. The SMILES string of the molecule is O=C(/C=C/c1cccnc1)NCCC1[C@H]2CN(C(=O)c3ccccc3)C[C@@H]12. The summed E-state index contributed by atoms with van der Waals surface area (Å²) < 4.78 is 0. The molecule has 5 heteroatoms. The summed E-state index contributed by atoms with van der Waals surface area (Å²) in [6, 6.07) is 13.2. The summed E-state index contributed by atoms with van der Waals surface area (Å²) in [5.41, 5.74) is 1.68. The molecule has 1 saturated carbocycles. The fraction of sp³-hybridized carbons (Fsp3) is 0.318. The number of fused-ring (bicyclic) bond motifs is 1. The number of carbonyl (C=O) groups excluding carboxylic acids is 2. The first-order valence-corrected chi connectivity index (χ1v) is 9.42. The summed E-state index contributed by atoms with van der Waals surface area (Å²) in [4.78, 5) is 30.3. The summed E-state index contributed by atoms with van der Waals surface area (Å²) >= 11 is 0. The van der Waals surface area contributed by atoms with Crippen LogP contribution in [0.2, 0.25) is 0 Å². The Morgan fingerprint density at radius 3 is 2.59 bits per heavy atom. The molecule has 2 fully saturated rings. The number of carbonyl (C=O) groups is 2. The van der Waals surface area contributed by atoms with Crippen molar-refractivity contribution in [2.45, 2.75) is 6.42 Å². The van der Waals surface area contributed by atoms with Gasteiger partial charge in [0.15, 0.2) is 0 Å². The van der Waals surface area contributed by atoms with Crippen LogP contribution in [0.15, 0.2) is 60.9 Å². The van der Waals surface area contributed by atoms with E-state index in [0.29, 0.717) is 24.3 Å². The highest BCUT2D eigenvalue weighted by molar-refractivity contribution is 5.94. The predicted molar refractivity (Wildman–Crippen MR) is 104 cm³/mol. The maximum absolute atomic E-state index is 12.5. The van der Waals surface area contributed by atoms with Gasteiger partial charge in [0.05, 0.1) is 0 Å². The van der Waals surface area contributed by atoms with E-state index in [9.17, 15) is 9.59 Å². The van der Waals surface area contributed by atoms with E-state index in [1.165, 1.54) is 0 Å². The number of hydrogen-bond acceptors (Lipinski definition) is 3. The number of benzene rings is 1. The van der Waals surface area contributed by atoms with Crippen molar-refractivity contribution >= 4 is 17.9 Å². The molecule has 5 nitrogen and oxygen atoms in total. The van der Waals surface area contributed by atoms with Gasteiger partial charge in [0, 0.05) is 43.7 Å². The molecule has 2 amide bonds. The normalized spacial score (nSPS) is 23.3. The number of pyridine rings is 1. The lowest BCUT2D eigenvalue weighted by atomic mass is 10.1. The van der Waals surface area contributed by atoms with Crippen LogP contribution in [0.4, 0.5) is 0 Å². The largest absolute Gasteiger partial charge is 0.353 e. The fourth-order valence-electron chi connectivity index (χ4n) is 4.07. The van der Waals surface area contributed by atoms with Gasteiger partial charge in [-0.15, -0.1) is 0 Å². The van der Waals surface area contributed by atoms with E-state index in [4.69, 9.17) is 0 Å². The van der Waals surface area contributed by atoms with E-state index >= 15 is 0 Å². The topological polar surface area (TPSA) is 62.3 Å². The van der Waals surface area contributed by atoms with Gasteiger partial charge in [-0.1, -0.05) is 24.3 Å². The third-order valence-corrected chi connectivity index (χ3v) is 5.57. The van der Waals surface area contributed by atoms with Gasteiger partial charge in [-0.2, -0.15) is 0 Å². The Morgan fingerprint density at radius 2 is 1.89 bits per heavy atom. The molecule has 1 aliphatic carbocycles. The minimum atomic E-state index is -0.0782. The van der Waals surface area contributed by atoms with Crippen molar-refractivity contribution in [1.82, 2.24) is 15.2 Å². The number of nitrogens with one attached hydrogen (secondary N) is 1. The molecule has 2 aromatic rings. The smallest absolute Gasteiger partial charge is 0.253 e. The maximum atomic E-state index is 12.5. The van der Waals surface area contributed by atoms with Crippen LogP contribution >= 0.6 is 0 Å². The van der Waals surface area contributed by atoms with Crippen LogP contribution in [0.3, 0.4) is 0 Å². The third kappa shape index (κ3) is 4.08. The molecule has 27 heavy (non-hydrogen) atoms. The maximum Gasteiger partial charge on any atom is 0.253 e. The summed E-state index contributed by atoms with van der Waals surface area (Å²) in [5, 5.41) is 2.95. The first-order valence-electron chi connectivity index (χ1n) is 9.42. The van der Waals surface area contributed by atoms with Gasteiger partial charge in [0.1, 0.15) is 0 Å². The molecular weight excluding hydrogens is 338 g/mol. The molecule has 1 N–H and O–H groups in total. The van der Waals surface area contributed by atoms with E-state index in [2.05, 4.69) is 10.3 Å². The Kier molecular flexibility index (Phi) is 5.01. The number of amides is 2. The highest BCUT2D eigenvalue weighted by Gasteiger charge is 2.55. The molecule has 1 unspecified atom stereocenters. The number of likely N-dealkylation sites (tertiary alicyclic amines) is 1. The Morgan fingerprint density at radius 1 is 1.11 bits per heavy atom. The minimum Gasteiger partial charge on any atom is -0.353 e. The van der Waals surface area contributed by atoms with Gasteiger partial charge >= 0.3 is 0 Å². The average molecular weight is 361 g/mol. The lowest BCUT2D eigenvalue weighted by Crippen LogP contribution is -2.32.